The first-order valence-electron chi connectivity index (χ1n) is 4.88. The number of phenols is 1. The molecule has 80 valence electrons. The fraction of sp³-hybridized carbons (Fsp3) is 0.364. The first-order valence-corrected chi connectivity index (χ1v) is 4.88. The molecule has 0 spiro atoms. The van der Waals surface area contributed by atoms with Crippen molar-refractivity contribution in [1.82, 2.24) is 5.32 Å². The van der Waals surface area contributed by atoms with Crippen LogP contribution in [-0.4, -0.2) is 17.1 Å². The zero-order valence-electron chi connectivity index (χ0n) is 8.38. The molecule has 1 saturated carbocycles. The number of benzene rings is 1. The fourth-order valence-electron chi connectivity index (χ4n) is 1.50. The lowest BCUT2D eigenvalue weighted by atomic mass is 10.1. The second kappa shape index (κ2) is 3.53. The van der Waals surface area contributed by atoms with E-state index in [0.717, 1.165) is 18.9 Å². The summed E-state index contributed by atoms with van der Waals surface area (Å²) in [5, 5.41) is 11.8. The Hall–Kier alpha value is -1.58. The van der Waals surface area contributed by atoms with Gasteiger partial charge >= 0.3 is 0 Å². The molecule has 2 rings (SSSR count). The van der Waals surface area contributed by atoms with Gasteiger partial charge in [-0.3, -0.25) is 4.79 Å². The minimum Gasteiger partial charge on any atom is -0.508 e. The van der Waals surface area contributed by atoms with Crippen molar-refractivity contribution >= 4 is 5.91 Å². The number of amides is 1. The predicted octanol–water partition coefficient (Wildman–Crippen LogP) is 1.73. The number of aromatic hydroxyl groups is 1. The maximum Gasteiger partial charge on any atom is 0.254 e. The van der Waals surface area contributed by atoms with Crippen molar-refractivity contribution < 1.29 is 14.3 Å². The van der Waals surface area contributed by atoms with Crippen LogP contribution >= 0.6 is 0 Å². The number of carbonyl (C=O) groups is 1. The number of hydrogen-bond donors (Lipinski definition) is 2. The van der Waals surface area contributed by atoms with Crippen LogP contribution < -0.4 is 5.32 Å². The van der Waals surface area contributed by atoms with E-state index < -0.39 is 11.7 Å². The average molecular weight is 209 g/mol. The molecule has 0 bridgehead atoms. The summed E-state index contributed by atoms with van der Waals surface area (Å²) >= 11 is 0. The standard InChI is InChI=1S/C11H12FNO2/c1-6-4-8(14)5-9(12)10(6)11(15)13-7-2-3-7/h4-5,7,14H,2-3H2,1H3,(H,13,15). The molecule has 15 heavy (non-hydrogen) atoms. The van der Waals surface area contributed by atoms with Crippen LogP contribution in [0, 0.1) is 12.7 Å². The van der Waals surface area contributed by atoms with Crippen LogP contribution in [0.3, 0.4) is 0 Å². The Morgan fingerprint density at radius 1 is 1.53 bits per heavy atom. The SMILES string of the molecule is Cc1cc(O)cc(F)c1C(=O)NC1CC1. The lowest BCUT2D eigenvalue weighted by Crippen LogP contribution is -2.27. The smallest absolute Gasteiger partial charge is 0.254 e. The average Bonchev–Trinajstić information content (AvgIpc) is 2.85. The highest BCUT2D eigenvalue weighted by atomic mass is 19.1. The summed E-state index contributed by atoms with van der Waals surface area (Å²) in [6.45, 7) is 1.60. The Morgan fingerprint density at radius 2 is 2.20 bits per heavy atom. The molecule has 1 aliphatic carbocycles. The topological polar surface area (TPSA) is 49.3 Å². The van der Waals surface area contributed by atoms with Crippen LogP contribution in [0.5, 0.6) is 5.75 Å². The molecule has 0 atom stereocenters. The van der Waals surface area contributed by atoms with Gasteiger partial charge < -0.3 is 10.4 Å². The zero-order chi connectivity index (χ0) is 11.0. The van der Waals surface area contributed by atoms with Crippen molar-refractivity contribution in [3.8, 4) is 5.75 Å². The van der Waals surface area contributed by atoms with E-state index in [-0.39, 0.29) is 17.4 Å². The molecule has 0 saturated heterocycles. The van der Waals surface area contributed by atoms with Gasteiger partial charge in [-0.2, -0.15) is 0 Å². The van der Waals surface area contributed by atoms with Crippen LogP contribution in [0.25, 0.3) is 0 Å². The van der Waals surface area contributed by atoms with Gasteiger partial charge in [0.15, 0.2) is 0 Å². The molecular formula is C11H12FNO2. The summed E-state index contributed by atoms with van der Waals surface area (Å²) in [6.07, 6.45) is 1.93. The Kier molecular flexibility index (Phi) is 2.34. The summed E-state index contributed by atoms with van der Waals surface area (Å²) in [4.78, 5) is 11.6. The van der Waals surface area contributed by atoms with Crippen molar-refractivity contribution in [3.63, 3.8) is 0 Å². The van der Waals surface area contributed by atoms with Gasteiger partial charge in [0.1, 0.15) is 11.6 Å². The third kappa shape index (κ3) is 2.09. The van der Waals surface area contributed by atoms with Crippen molar-refractivity contribution in [2.45, 2.75) is 25.8 Å². The maximum atomic E-state index is 13.4. The summed E-state index contributed by atoms with van der Waals surface area (Å²) < 4.78 is 13.4. The second-order valence-electron chi connectivity index (χ2n) is 3.87. The number of phenolic OH excluding ortho intramolecular Hbond substituents is 1. The van der Waals surface area contributed by atoms with E-state index in [9.17, 15) is 9.18 Å². The minimum atomic E-state index is -0.675. The number of hydrogen-bond acceptors (Lipinski definition) is 2. The van der Waals surface area contributed by atoms with Gasteiger partial charge in [-0.15, -0.1) is 0 Å². The largest absolute Gasteiger partial charge is 0.508 e. The summed E-state index contributed by atoms with van der Waals surface area (Å²) in [7, 11) is 0. The molecule has 0 radical (unpaired) electrons. The number of halogens is 1. The predicted molar refractivity (Wildman–Crippen MR) is 53.3 cm³/mol. The Labute approximate surface area is 86.9 Å². The third-order valence-electron chi connectivity index (χ3n) is 2.41. The van der Waals surface area contributed by atoms with Crippen molar-refractivity contribution in [2.24, 2.45) is 0 Å². The van der Waals surface area contributed by atoms with Gasteiger partial charge in [-0.1, -0.05) is 0 Å². The zero-order valence-corrected chi connectivity index (χ0v) is 8.38. The van der Waals surface area contributed by atoms with Gasteiger partial charge in [0, 0.05) is 12.1 Å². The maximum absolute atomic E-state index is 13.4. The van der Waals surface area contributed by atoms with Crippen LogP contribution in [0.1, 0.15) is 28.8 Å². The Morgan fingerprint density at radius 3 is 2.73 bits per heavy atom. The van der Waals surface area contributed by atoms with Gasteiger partial charge in [-0.25, -0.2) is 4.39 Å². The van der Waals surface area contributed by atoms with Crippen LogP contribution in [0.4, 0.5) is 4.39 Å². The highest BCUT2D eigenvalue weighted by molar-refractivity contribution is 5.96. The summed E-state index contributed by atoms with van der Waals surface area (Å²) in [5.74, 6) is -1.23. The quantitative estimate of drug-likeness (QED) is 0.779. The Balaban J connectivity index is 2.29. The van der Waals surface area contributed by atoms with Gasteiger partial charge in [0.2, 0.25) is 0 Å². The van der Waals surface area contributed by atoms with E-state index in [1.54, 1.807) is 6.92 Å². The summed E-state index contributed by atoms with van der Waals surface area (Å²) in [6, 6.07) is 2.53. The van der Waals surface area contributed by atoms with E-state index in [1.165, 1.54) is 6.07 Å². The molecule has 0 aliphatic heterocycles. The molecule has 0 unspecified atom stereocenters. The van der Waals surface area contributed by atoms with E-state index in [0.29, 0.717) is 5.56 Å². The number of nitrogens with one attached hydrogen (secondary N) is 1. The normalized spacial score (nSPS) is 15.1. The van der Waals surface area contributed by atoms with E-state index in [1.807, 2.05) is 0 Å². The number of aryl methyl sites for hydroxylation is 1. The summed E-state index contributed by atoms with van der Waals surface area (Å²) in [5.41, 5.74) is 0.477. The van der Waals surface area contributed by atoms with Crippen molar-refractivity contribution in [3.05, 3.63) is 29.1 Å². The van der Waals surface area contributed by atoms with Gasteiger partial charge in [0.25, 0.3) is 5.91 Å². The Bertz CT molecular complexity index is 390. The van der Waals surface area contributed by atoms with Crippen LogP contribution in [-0.2, 0) is 0 Å². The first-order chi connectivity index (χ1) is 7.08. The number of rotatable bonds is 2. The minimum absolute atomic E-state index is 0.0275. The molecule has 1 amide bonds. The van der Waals surface area contributed by atoms with Crippen LogP contribution in [0.2, 0.25) is 0 Å². The molecule has 1 aliphatic rings. The molecule has 1 aromatic carbocycles. The lowest BCUT2D eigenvalue weighted by molar-refractivity contribution is 0.0946. The number of carbonyl (C=O) groups excluding carboxylic acids is 1. The molecule has 0 aromatic heterocycles. The highest BCUT2D eigenvalue weighted by Crippen LogP contribution is 2.23. The van der Waals surface area contributed by atoms with E-state index in [2.05, 4.69) is 5.32 Å². The van der Waals surface area contributed by atoms with Crippen molar-refractivity contribution in [1.29, 1.82) is 0 Å². The highest BCUT2D eigenvalue weighted by Gasteiger charge is 2.26. The van der Waals surface area contributed by atoms with Crippen LogP contribution in [0.15, 0.2) is 12.1 Å². The second-order valence-corrected chi connectivity index (χ2v) is 3.87. The fourth-order valence-corrected chi connectivity index (χ4v) is 1.50. The lowest BCUT2D eigenvalue weighted by Gasteiger charge is -2.08. The molecule has 1 fully saturated rings. The van der Waals surface area contributed by atoms with Gasteiger partial charge in [-0.05, 0) is 31.4 Å². The van der Waals surface area contributed by atoms with E-state index in [4.69, 9.17) is 5.11 Å². The van der Waals surface area contributed by atoms with Gasteiger partial charge in [0.05, 0.1) is 5.56 Å². The molecule has 2 N–H and O–H groups in total. The monoisotopic (exact) mass is 209 g/mol. The molecule has 3 nitrogen and oxygen atoms in total. The van der Waals surface area contributed by atoms with E-state index >= 15 is 0 Å². The molecule has 4 heteroatoms. The molecule has 1 aromatic rings. The first kappa shape index (κ1) is 9.96. The van der Waals surface area contributed by atoms with Crippen molar-refractivity contribution in [2.75, 3.05) is 0 Å². The molecular weight excluding hydrogens is 197 g/mol. The third-order valence-corrected chi connectivity index (χ3v) is 2.41. The molecule has 0 heterocycles.